The van der Waals surface area contributed by atoms with Gasteiger partial charge in [0.25, 0.3) is 5.89 Å². The van der Waals surface area contributed by atoms with Crippen LogP contribution in [0, 0.1) is 0 Å². The van der Waals surface area contributed by atoms with Gasteiger partial charge < -0.3 is 18.7 Å². The molecular formula is C17H15ClN2O4. The molecule has 0 saturated heterocycles. The van der Waals surface area contributed by atoms with E-state index in [1.807, 2.05) is 6.07 Å². The second kappa shape index (κ2) is 7.23. The van der Waals surface area contributed by atoms with E-state index in [4.69, 9.17) is 30.3 Å². The van der Waals surface area contributed by atoms with E-state index in [2.05, 4.69) is 10.1 Å². The largest absolute Gasteiger partial charge is 0.493 e. The highest BCUT2D eigenvalue weighted by molar-refractivity contribution is 6.30. The fourth-order valence-electron chi connectivity index (χ4n) is 2.08. The number of rotatable bonds is 6. The number of nitrogens with zero attached hydrogens (tertiary/aromatic N) is 2. The predicted octanol–water partition coefficient (Wildman–Crippen LogP) is 3.99. The lowest BCUT2D eigenvalue weighted by molar-refractivity contribution is 0.243. The molecule has 3 rings (SSSR count). The maximum absolute atomic E-state index is 5.83. The molecule has 0 aliphatic rings. The molecule has 6 nitrogen and oxygen atoms in total. The molecule has 3 aromatic rings. The lowest BCUT2D eigenvalue weighted by Gasteiger charge is -2.07. The van der Waals surface area contributed by atoms with Gasteiger partial charge in [0.1, 0.15) is 5.75 Å². The topological polar surface area (TPSA) is 66.6 Å². The van der Waals surface area contributed by atoms with E-state index in [0.717, 1.165) is 5.56 Å². The molecule has 0 bridgehead atoms. The van der Waals surface area contributed by atoms with Crippen molar-refractivity contribution in [2.24, 2.45) is 0 Å². The van der Waals surface area contributed by atoms with Crippen molar-refractivity contribution in [3.8, 4) is 28.6 Å². The van der Waals surface area contributed by atoms with Crippen LogP contribution in [0.4, 0.5) is 0 Å². The zero-order valence-electron chi connectivity index (χ0n) is 13.2. The second-order valence-electron chi connectivity index (χ2n) is 4.82. The third-order valence-electron chi connectivity index (χ3n) is 3.29. The number of aromatic nitrogens is 2. The molecule has 0 aliphatic carbocycles. The first-order valence-corrected chi connectivity index (χ1v) is 7.50. The minimum atomic E-state index is 0.169. The quantitative estimate of drug-likeness (QED) is 0.672. The highest BCUT2D eigenvalue weighted by Gasteiger charge is 2.12. The number of hydrogen-bond acceptors (Lipinski definition) is 6. The Balaban J connectivity index is 1.72. The molecule has 2 aromatic carbocycles. The van der Waals surface area contributed by atoms with Crippen molar-refractivity contribution in [3.05, 3.63) is 53.4 Å². The van der Waals surface area contributed by atoms with Crippen LogP contribution in [0.15, 0.2) is 47.0 Å². The van der Waals surface area contributed by atoms with Crippen molar-refractivity contribution in [1.29, 1.82) is 0 Å². The maximum atomic E-state index is 5.83. The van der Waals surface area contributed by atoms with Gasteiger partial charge in [0, 0.05) is 10.6 Å². The van der Waals surface area contributed by atoms with Crippen LogP contribution in [-0.4, -0.2) is 24.4 Å². The summed E-state index contributed by atoms with van der Waals surface area (Å²) in [6.45, 7) is 0.169. The maximum Gasteiger partial charge on any atom is 0.264 e. The summed E-state index contributed by atoms with van der Waals surface area (Å²) in [4.78, 5) is 4.32. The van der Waals surface area contributed by atoms with Crippen LogP contribution < -0.4 is 14.2 Å². The van der Waals surface area contributed by atoms with Gasteiger partial charge >= 0.3 is 0 Å². The van der Waals surface area contributed by atoms with Crippen molar-refractivity contribution in [1.82, 2.24) is 10.1 Å². The van der Waals surface area contributed by atoms with Crippen molar-refractivity contribution in [2.75, 3.05) is 14.2 Å². The minimum Gasteiger partial charge on any atom is -0.493 e. The third kappa shape index (κ3) is 3.60. The smallest absolute Gasteiger partial charge is 0.264 e. The van der Waals surface area contributed by atoms with Gasteiger partial charge in [-0.2, -0.15) is 4.98 Å². The number of hydrogen-bond donors (Lipinski definition) is 0. The first kappa shape index (κ1) is 16.1. The summed E-state index contributed by atoms with van der Waals surface area (Å²) in [5.41, 5.74) is 0.758. The van der Waals surface area contributed by atoms with Gasteiger partial charge in [0.2, 0.25) is 5.82 Å². The Morgan fingerprint density at radius 1 is 1.00 bits per heavy atom. The van der Waals surface area contributed by atoms with Gasteiger partial charge in [-0.05, 0) is 42.5 Å². The molecule has 0 spiro atoms. The van der Waals surface area contributed by atoms with E-state index in [1.165, 1.54) is 0 Å². The summed E-state index contributed by atoms with van der Waals surface area (Å²) in [7, 11) is 3.15. The molecule has 0 radical (unpaired) electrons. The summed E-state index contributed by atoms with van der Waals surface area (Å²) < 4.78 is 21.3. The zero-order chi connectivity index (χ0) is 16.9. The Hall–Kier alpha value is -2.73. The lowest BCUT2D eigenvalue weighted by Crippen LogP contribution is -1.95. The molecule has 0 aliphatic heterocycles. The Morgan fingerprint density at radius 2 is 1.75 bits per heavy atom. The number of methoxy groups -OCH3 is 2. The SMILES string of the molecule is COc1ccc(-c2noc(COc3ccc(Cl)cc3)n2)cc1OC. The van der Waals surface area contributed by atoms with Gasteiger partial charge in [0.05, 0.1) is 14.2 Å². The van der Waals surface area contributed by atoms with E-state index < -0.39 is 0 Å². The Morgan fingerprint density at radius 3 is 2.46 bits per heavy atom. The van der Waals surface area contributed by atoms with E-state index >= 15 is 0 Å². The molecule has 0 fully saturated rings. The van der Waals surface area contributed by atoms with Gasteiger partial charge in [-0.3, -0.25) is 0 Å². The van der Waals surface area contributed by atoms with E-state index in [9.17, 15) is 0 Å². The fraction of sp³-hybridized carbons (Fsp3) is 0.176. The van der Waals surface area contributed by atoms with Crippen molar-refractivity contribution in [3.63, 3.8) is 0 Å². The molecule has 0 atom stereocenters. The van der Waals surface area contributed by atoms with Crippen LogP contribution in [0.3, 0.4) is 0 Å². The number of benzene rings is 2. The van der Waals surface area contributed by atoms with Crippen molar-refractivity contribution < 1.29 is 18.7 Å². The van der Waals surface area contributed by atoms with E-state index in [0.29, 0.717) is 34.0 Å². The van der Waals surface area contributed by atoms with Crippen LogP contribution in [0.25, 0.3) is 11.4 Å². The van der Waals surface area contributed by atoms with E-state index in [1.54, 1.807) is 50.6 Å². The molecule has 0 N–H and O–H groups in total. The van der Waals surface area contributed by atoms with Gasteiger partial charge in [-0.25, -0.2) is 0 Å². The summed E-state index contributed by atoms with van der Waals surface area (Å²) in [5.74, 6) is 2.72. The third-order valence-corrected chi connectivity index (χ3v) is 3.54. The van der Waals surface area contributed by atoms with Crippen LogP contribution in [0.5, 0.6) is 17.2 Å². The normalized spacial score (nSPS) is 10.5. The summed E-state index contributed by atoms with van der Waals surface area (Å²) in [6, 6.07) is 12.4. The first-order valence-electron chi connectivity index (χ1n) is 7.13. The molecule has 124 valence electrons. The molecular weight excluding hydrogens is 332 g/mol. The number of ether oxygens (including phenoxy) is 3. The average molecular weight is 347 g/mol. The van der Waals surface area contributed by atoms with Crippen LogP contribution >= 0.6 is 11.6 Å². The molecule has 24 heavy (non-hydrogen) atoms. The highest BCUT2D eigenvalue weighted by atomic mass is 35.5. The summed E-state index contributed by atoms with van der Waals surface area (Å²) in [6.07, 6.45) is 0. The van der Waals surface area contributed by atoms with Crippen molar-refractivity contribution >= 4 is 11.6 Å². The van der Waals surface area contributed by atoms with Crippen molar-refractivity contribution in [2.45, 2.75) is 6.61 Å². The predicted molar refractivity (Wildman–Crippen MR) is 88.6 cm³/mol. The Kier molecular flexibility index (Phi) is 4.86. The molecule has 0 unspecified atom stereocenters. The van der Waals surface area contributed by atoms with Crippen LogP contribution in [0.1, 0.15) is 5.89 Å². The number of halogens is 1. The molecule has 7 heteroatoms. The average Bonchev–Trinajstić information content (AvgIpc) is 3.09. The van der Waals surface area contributed by atoms with Crippen LogP contribution in [0.2, 0.25) is 5.02 Å². The standard InChI is InChI=1S/C17H15ClN2O4/c1-21-14-8-3-11(9-15(14)22-2)17-19-16(24-20-17)10-23-13-6-4-12(18)5-7-13/h3-9H,10H2,1-2H3. The van der Waals surface area contributed by atoms with Gasteiger partial charge in [-0.1, -0.05) is 16.8 Å². The van der Waals surface area contributed by atoms with Crippen LogP contribution in [-0.2, 0) is 6.61 Å². The van der Waals surface area contributed by atoms with Gasteiger partial charge in [0.15, 0.2) is 18.1 Å². The first-order chi connectivity index (χ1) is 11.7. The molecule has 0 amide bonds. The molecule has 1 heterocycles. The minimum absolute atomic E-state index is 0.169. The monoisotopic (exact) mass is 346 g/mol. The second-order valence-corrected chi connectivity index (χ2v) is 5.26. The van der Waals surface area contributed by atoms with E-state index in [-0.39, 0.29) is 6.61 Å². The Bertz CT molecular complexity index is 818. The molecule has 1 aromatic heterocycles. The zero-order valence-corrected chi connectivity index (χ0v) is 13.9. The lowest BCUT2D eigenvalue weighted by atomic mass is 10.2. The fourth-order valence-corrected chi connectivity index (χ4v) is 2.21. The summed E-state index contributed by atoms with van der Waals surface area (Å²) in [5, 5.41) is 4.61. The Labute approximate surface area is 143 Å². The molecule has 0 saturated carbocycles. The van der Waals surface area contributed by atoms with Gasteiger partial charge in [-0.15, -0.1) is 0 Å². The summed E-state index contributed by atoms with van der Waals surface area (Å²) >= 11 is 5.83. The highest BCUT2D eigenvalue weighted by Crippen LogP contribution is 2.31.